The predicted octanol–water partition coefficient (Wildman–Crippen LogP) is 2.27. The lowest BCUT2D eigenvalue weighted by Crippen LogP contribution is -2.39. The van der Waals surface area contributed by atoms with E-state index in [1.807, 2.05) is 6.07 Å². The molecule has 0 radical (unpaired) electrons. The van der Waals surface area contributed by atoms with Gasteiger partial charge in [-0.15, -0.1) is 0 Å². The lowest BCUT2D eigenvalue weighted by molar-refractivity contribution is -0.124. The Labute approximate surface area is 134 Å². The van der Waals surface area contributed by atoms with Gasteiger partial charge < -0.3 is 15.5 Å². The number of hydrogen-bond acceptors (Lipinski definition) is 3. The summed E-state index contributed by atoms with van der Waals surface area (Å²) in [6, 6.07) is 14.5. The quantitative estimate of drug-likeness (QED) is 0.765. The molecular formula is C18H20FNO3. The van der Waals surface area contributed by atoms with Gasteiger partial charge in [0, 0.05) is 0 Å². The summed E-state index contributed by atoms with van der Waals surface area (Å²) in [5.74, 6) is -0.882. The second-order valence-corrected chi connectivity index (χ2v) is 5.69. The van der Waals surface area contributed by atoms with E-state index in [0.29, 0.717) is 11.1 Å². The Kier molecular flexibility index (Phi) is 5.47. The van der Waals surface area contributed by atoms with Crippen molar-refractivity contribution in [3.8, 4) is 0 Å². The number of benzene rings is 2. The van der Waals surface area contributed by atoms with Crippen molar-refractivity contribution in [2.45, 2.75) is 25.0 Å². The summed E-state index contributed by atoms with van der Waals surface area (Å²) < 4.78 is 13.1. The summed E-state index contributed by atoms with van der Waals surface area (Å²) in [6.07, 6.45) is -1.29. The molecular weight excluding hydrogens is 297 g/mol. The van der Waals surface area contributed by atoms with Crippen LogP contribution in [-0.2, 0) is 10.4 Å². The second-order valence-electron chi connectivity index (χ2n) is 5.69. The Balaban J connectivity index is 1.90. The molecule has 0 aliphatic heterocycles. The zero-order valence-corrected chi connectivity index (χ0v) is 12.9. The SMILES string of the molecule is CC(O)(CNC(=O)CC(O)c1cccc(F)c1)c1ccccc1. The van der Waals surface area contributed by atoms with Crippen molar-refractivity contribution in [1.29, 1.82) is 0 Å². The van der Waals surface area contributed by atoms with Crippen LogP contribution >= 0.6 is 0 Å². The van der Waals surface area contributed by atoms with Crippen LogP contribution in [0.5, 0.6) is 0 Å². The van der Waals surface area contributed by atoms with Crippen molar-refractivity contribution < 1.29 is 19.4 Å². The average molecular weight is 317 g/mol. The van der Waals surface area contributed by atoms with E-state index in [1.54, 1.807) is 37.3 Å². The topological polar surface area (TPSA) is 69.6 Å². The Morgan fingerprint density at radius 2 is 1.91 bits per heavy atom. The molecule has 5 heteroatoms. The van der Waals surface area contributed by atoms with Crippen molar-refractivity contribution in [1.82, 2.24) is 5.32 Å². The Morgan fingerprint density at radius 3 is 2.57 bits per heavy atom. The van der Waals surface area contributed by atoms with Gasteiger partial charge in [0.05, 0.1) is 19.1 Å². The van der Waals surface area contributed by atoms with E-state index >= 15 is 0 Å². The van der Waals surface area contributed by atoms with Crippen LogP contribution in [0.15, 0.2) is 54.6 Å². The number of hydrogen-bond donors (Lipinski definition) is 3. The third-order valence-electron chi connectivity index (χ3n) is 3.64. The summed E-state index contributed by atoms with van der Waals surface area (Å²) in [6.45, 7) is 1.62. The molecule has 0 aliphatic carbocycles. The number of carbonyl (C=O) groups is 1. The standard InChI is InChI=1S/C18H20FNO3/c1-18(23,14-7-3-2-4-8-14)12-20-17(22)11-16(21)13-6-5-9-15(19)10-13/h2-10,16,21,23H,11-12H2,1H3,(H,20,22). The minimum atomic E-state index is -1.21. The number of nitrogens with one attached hydrogen (secondary N) is 1. The Hall–Kier alpha value is -2.24. The molecule has 2 aromatic carbocycles. The number of amides is 1. The van der Waals surface area contributed by atoms with Crippen LogP contribution in [0.25, 0.3) is 0 Å². The van der Waals surface area contributed by atoms with E-state index in [1.165, 1.54) is 18.2 Å². The van der Waals surface area contributed by atoms with E-state index in [4.69, 9.17) is 0 Å². The molecule has 0 fully saturated rings. The minimum absolute atomic E-state index is 0.0196. The highest BCUT2D eigenvalue weighted by molar-refractivity contribution is 5.76. The summed E-state index contributed by atoms with van der Waals surface area (Å²) in [5, 5.41) is 23.0. The van der Waals surface area contributed by atoms with Crippen molar-refractivity contribution in [2.24, 2.45) is 0 Å². The number of halogens is 1. The van der Waals surface area contributed by atoms with Gasteiger partial charge >= 0.3 is 0 Å². The van der Waals surface area contributed by atoms with Crippen molar-refractivity contribution in [3.05, 3.63) is 71.5 Å². The fourth-order valence-electron chi connectivity index (χ4n) is 2.25. The molecule has 1 amide bonds. The van der Waals surface area contributed by atoms with E-state index in [-0.39, 0.29) is 13.0 Å². The maximum Gasteiger partial charge on any atom is 0.223 e. The van der Waals surface area contributed by atoms with E-state index < -0.39 is 23.4 Å². The van der Waals surface area contributed by atoms with Gasteiger partial charge in [-0.2, -0.15) is 0 Å². The molecule has 2 rings (SSSR count). The van der Waals surface area contributed by atoms with Crippen LogP contribution in [-0.4, -0.2) is 22.7 Å². The van der Waals surface area contributed by atoms with Gasteiger partial charge in [-0.1, -0.05) is 42.5 Å². The number of rotatable bonds is 6. The summed E-state index contributed by atoms with van der Waals surface area (Å²) >= 11 is 0. The number of aliphatic hydroxyl groups is 2. The molecule has 0 saturated carbocycles. The molecule has 23 heavy (non-hydrogen) atoms. The molecule has 2 atom stereocenters. The third-order valence-corrected chi connectivity index (χ3v) is 3.64. The van der Waals surface area contributed by atoms with Gasteiger partial charge in [0.1, 0.15) is 11.4 Å². The fraction of sp³-hybridized carbons (Fsp3) is 0.278. The van der Waals surface area contributed by atoms with Crippen molar-refractivity contribution >= 4 is 5.91 Å². The van der Waals surface area contributed by atoms with Crippen molar-refractivity contribution in [3.63, 3.8) is 0 Å². The van der Waals surface area contributed by atoms with Crippen LogP contribution < -0.4 is 5.32 Å². The minimum Gasteiger partial charge on any atom is -0.388 e. The average Bonchev–Trinajstić information content (AvgIpc) is 2.54. The fourth-order valence-corrected chi connectivity index (χ4v) is 2.25. The van der Waals surface area contributed by atoms with E-state index in [0.717, 1.165) is 0 Å². The molecule has 0 saturated heterocycles. The summed E-state index contributed by atoms with van der Waals surface area (Å²) in [4.78, 5) is 11.9. The second kappa shape index (κ2) is 7.35. The van der Waals surface area contributed by atoms with Crippen LogP contribution in [0, 0.1) is 5.82 Å². The maximum absolute atomic E-state index is 13.1. The van der Waals surface area contributed by atoms with E-state index in [9.17, 15) is 19.4 Å². The Bertz CT molecular complexity index is 658. The monoisotopic (exact) mass is 317 g/mol. The molecule has 0 heterocycles. The first kappa shape index (κ1) is 17.1. The van der Waals surface area contributed by atoms with Crippen molar-refractivity contribution in [2.75, 3.05) is 6.54 Å². The van der Waals surface area contributed by atoms with Gasteiger partial charge in [-0.05, 0) is 30.2 Å². The highest BCUT2D eigenvalue weighted by Gasteiger charge is 2.24. The Morgan fingerprint density at radius 1 is 1.22 bits per heavy atom. The van der Waals surface area contributed by atoms with Crippen LogP contribution in [0.2, 0.25) is 0 Å². The van der Waals surface area contributed by atoms with Crippen LogP contribution in [0.1, 0.15) is 30.6 Å². The molecule has 3 N–H and O–H groups in total. The molecule has 0 bridgehead atoms. The maximum atomic E-state index is 13.1. The lowest BCUT2D eigenvalue weighted by atomic mass is 9.96. The third kappa shape index (κ3) is 4.87. The zero-order chi connectivity index (χ0) is 16.9. The molecule has 0 spiro atoms. The number of aliphatic hydroxyl groups excluding tert-OH is 1. The molecule has 4 nitrogen and oxygen atoms in total. The van der Waals surface area contributed by atoms with Gasteiger partial charge in [-0.25, -0.2) is 4.39 Å². The highest BCUT2D eigenvalue weighted by Crippen LogP contribution is 2.20. The molecule has 2 aromatic rings. The lowest BCUT2D eigenvalue weighted by Gasteiger charge is -2.24. The largest absolute Gasteiger partial charge is 0.388 e. The smallest absolute Gasteiger partial charge is 0.223 e. The first-order valence-corrected chi connectivity index (χ1v) is 7.36. The van der Waals surface area contributed by atoms with Crippen LogP contribution in [0.3, 0.4) is 0 Å². The normalized spacial score (nSPS) is 14.8. The molecule has 0 aliphatic rings. The molecule has 2 unspecified atom stereocenters. The van der Waals surface area contributed by atoms with Gasteiger partial charge in [-0.3, -0.25) is 4.79 Å². The van der Waals surface area contributed by atoms with Gasteiger partial charge in [0.2, 0.25) is 5.91 Å². The van der Waals surface area contributed by atoms with Crippen LogP contribution in [0.4, 0.5) is 4.39 Å². The zero-order valence-electron chi connectivity index (χ0n) is 12.9. The summed E-state index contributed by atoms with van der Waals surface area (Å²) in [7, 11) is 0. The van der Waals surface area contributed by atoms with E-state index in [2.05, 4.69) is 5.32 Å². The first-order valence-electron chi connectivity index (χ1n) is 7.36. The summed E-state index contributed by atoms with van der Waals surface area (Å²) in [5.41, 5.74) is -0.179. The highest BCUT2D eigenvalue weighted by atomic mass is 19.1. The molecule has 0 aromatic heterocycles. The first-order chi connectivity index (χ1) is 10.9. The molecule has 122 valence electrons. The predicted molar refractivity (Wildman–Crippen MR) is 85.0 cm³/mol. The van der Waals surface area contributed by atoms with Gasteiger partial charge in [0.15, 0.2) is 0 Å². The number of carbonyl (C=O) groups excluding carboxylic acids is 1. The van der Waals surface area contributed by atoms with Gasteiger partial charge in [0.25, 0.3) is 0 Å².